The van der Waals surface area contributed by atoms with Gasteiger partial charge >= 0.3 is 0 Å². The Morgan fingerprint density at radius 1 is 0.893 bits per heavy atom. The molecule has 0 bridgehead atoms. The van der Waals surface area contributed by atoms with Gasteiger partial charge in [0.25, 0.3) is 0 Å². The van der Waals surface area contributed by atoms with Crippen LogP contribution >= 0.6 is 23.2 Å². The number of ether oxygens (including phenoxy) is 1. The molecular formula is C22H19Cl2N3O. The molecular weight excluding hydrogens is 393 g/mol. The number of nitrogens with one attached hydrogen (secondary N) is 2. The second kappa shape index (κ2) is 8.65. The number of fused-ring (bicyclic) bond motifs is 1. The van der Waals surface area contributed by atoms with Crippen LogP contribution in [0.15, 0.2) is 66.7 Å². The molecule has 142 valence electrons. The molecule has 0 atom stereocenters. The van der Waals surface area contributed by atoms with Crippen LogP contribution in [0.4, 0.5) is 0 Å². The van der Waals surface area contributed by atoms with Gasteiger partial charge in [-0.2, -0.15) is 0 Å². The second-order valence-corrected chi connectivity index (χ2v) is 7.28. The van der Waals surface area contributed by atoms with Gasteiger partial charge in [-0.1, -0.05) is 53.5 Å². The Bertz CT molecular complexity index is 1060. The van der Waals surface area contributed by atoms with E-state index in [0.717, 1.165) is 33.7 Å². The first-order valence-electron chi connectivity index (χ1n) is 8.98. The zero-order valence-corrected chi connectivity index (χ0v) is 16.6. The lowest BCUT2D eigenvalue weighted by Crippen LogP contribution is -2.14. The number of aromatic amines is 1. The van der Waals surface area contributed by atoms with E-state index in [0.29, 0.717) is 29.7 Å². The third-order valence-electron chi connectivity index (χ3n) is 4.41. The highest BCUT2D eigenvalue weighted by atomic mass is 35.5. The summed E-state index contributed by atoms with van der Waals surface area (Å²) in [6, 6.07) is 21.3. The molecule has 0 saturated heterocycles. The molecule has 4 rings (SSSR count). The minimum atomic E-state index is 0.401. The average molecular weight is 412 g/mol. The van der Waals surface area contributed by atoms with E-state index in [-0.39, 0.29) is 0 Å². The predicted molar refractivity (Wildman–Crippen MR) is 114 cm³/mol. The summed E-state index contributed by atoms with van der Waals surface area (Å²) in [6.45, 7) is 1.62. The van der Waals surface area contributed by atoms with Gasteiger partial charge in [-0.05, 0) is 36.4 Å². The number of hydrogen-bond acceptors (Lipinski definition) is 3. The summed E-state index contributed by atoms with van der Waals surface area (Å²) in [5.41, 5.74) is 3.92. The van der Waals surface area contributed by atoms with E-state index in [2.05, 4.69) is 15.3 Å². The summed E-state index contributed by atoms with van der Waals surface area (Å²) in [6.07, 6.45) is 0. The van der Waals surface area contributed by atoms with Crippen molar-refractivity contribution >= 4 is 34.2 Å². The van der Waals surface area contributed by atoms with Crippen LogP contribution in [0.1, 0.15) is 17.0 Å². The van der Waals surface area contributed by atoms with Crippen LogP contribution in [0, 0.1) is 0 Å². The fraction of sp³-hybridized carbons (Fsp3) is 0.136. The smallest absolute Gasteiger partial charge is 0.124 e. The van der Waals surface area contributed by atoms with E-state index in [9.17, 15) is 0 Å². The molecule has 0 amide bonds. The molecule has 4 nitrogen and oxygen atoms in total. The maximum Gasteiger partial charge on any atom is 0.124 e. The van der Waals surface area contributed by atoms with Gasteiger partial charge in [0.2, 0.25) is 0 Å². The highest BCUT2D eigenvalue weighted by Gasteiger charge is 2.08. The Hall–Kier alpha value is -2.53. The third-order valence-corrected chi connectivity index (χ3v) is 5.01. The minimum Gasteiger partial charge on any atom is -0.489 e. The van der Waals surface area contributed by atoms with Crippen LogP contribution in [-0.2, 0) is 19.7 Å². The Kier molecular flexibility index (Phi) is 5.81. The third kappa shape index (κ3) is 4.47. The molecule has 6 heteroatoms. The van der Waals surface area contributed by atoms with Gasteiger partial charge in [0.1, 0.15) is 18.2 Å². The molecule has 2 N–H and O–H groups in total. The predicted octanol–water partition coefficient (Wildman–Crippen LogP) is 5.74. The number of halogens is 2. The standard InChI is InChI=1S/C22H19Cl2N3O/c23-17-9-10-21(28-14-15-5-1-2-6-18(15)24)16(11-17)12-25-13-22-26-19-7-3-4-8-20(19)27-22/h1-11,25H,12-14H2,(H,26,27). The van der Waals surface area contributed by atoms with Gasteiger partial charge in [-0.25, -0.2) is 4.98 Å². The SMILES string of the molecule is Clc1ccc(OCc2ccccc2Cl)c(CNCc2nc3ccccc3[nH]2)c1. The van der Waals surface area contributed by atoms with Gasteiger partial charge in [0, 0.05) is 27.7 Å². The molecule has 4 aromatic rings. The van der Waals surface area contributed by atoms with Crippen molar-refractivity contribution in [2.24, 2.45) is 0 Å². The largest absolute Gasteiger partial charge is 0.489 e. The monoisotopic (exact) mass is 411 g/mol. The fourth-order valence-electron chi connectivity index (χ4n) is 3.00. The first-order valence-corrected chi connectivity index (χ1v) is 9.73. The zero-order chi connectivity index (χ0) is 19.3. The topological polar surface area (TPSA) is 49.9 Å². The van der Waals surface area contributed by atoms with E-state index in [1.165, 1.54) is 0 Å². The molecule has 0 aliphatic carbocycles. The second-order valence-electron chi connectivity index (χ2n) is 6.44. The molecule has 1 heterocycles. The van der Waals surface area contributed by atoms with E-state index >= 15 is 0 Å². The van der Waals surface area contributed by atoms with E-state index in [1.54, 1.807) is 0 Å². The Morgan fingerprint density at radius 3 is 2.57 bits per heavy atom. The highest BCUT2D eigenvalue weighted by molar-refractivity contribution is 6.31. The van der Waals surface area contributed by atoms with Crippen LogP contribution in [0.5, 0.6) is 5.75 Å². The number of nitrogens with zero attached hydrogens (tertiary/aromatic N) is 1. The van der Waals surface area contributed by atoms with Gasteiger partial charge in [-0.3, -0.25) is 0 Å². The Morgan fingerprint density at radius 2 is 1.71 bits per heavy atom. The molecule has 0 spiro atoms. The van der Waals surface area contributed by atoms with Crippen LogP contribution in [0.25, 0.3) is 11.0 Å². The number of rotatable bonds is 7. The Balaban J connectivity index is 1.42. The molecule has 0 radical (unpaired) electrons. The number of benzene rings is 3. The summed E-state index contributed by atoms with van der Waals surface area (Å²) < 4.78 is 6.00. The van der Waals surface area contributed by atoms with E-state index < -0.39 is 0 Å². The lowest BCUT2D eigenvalue weighted by atomic mass is 10.2. The lowest BCUT2D eigenvalue weighted by Gasteiger charge is -2.13. The maximum absolute atomic E-state index is 6.22. The van der Waals surface area contributed by atoms with Gasteiger partial charge in [-0.15, -0.1) is 0 Å². The van der Waals surface area contributed by atoms with E-state index in [4.69, 9.17) is 27.9 Å². The van der Waals surface area contributed by atoms with Crippen LogP contribution < -0.4 is 10.1 Å². The Labute approximate surface area is 173 Å². The zero-order valence-electron chi connectivity index (χ0n) is 15.1. The van der Waals surface area contributed by atoms with Crippen molar-refractivity contribution in [2.75, 3.05) is 0 Å². The number of hydrogen-bond donors (Lipinski definition) is 2. The molecule has 28 heavy (non-hydrogen) atoms. The number of para-hydroxylation sites is 2. The van der Waals surface area contributed by atoms with Gasteiger partial charge < -0.3 is 15.0 Å². The summed E-state index contributed by atoms with van der Waals surface area (Å²) in [4.78, 5) is 7.89. The minimum absolute atomic E-state index is 0.401. The lowest BCUT2D eigenvalue weighted by molar-refractivity contribution is 0.302. The molecule has 0 fully saturated rings. The fourth-order valence-corrected chi connectivity index (χ4v) is 3.39. The number of imidazole rings is 1. The van der Waals surface area contributed by atoms with Crippen molar-refractivity contribution in [1.29, 1.82) is 0 Å². The maximum atomic E-state index is 6.22. The van der Waals surface area contributed by atoms with Crippen molar-refractivity contribution in [1.82, 2.24) is 15.3 Å². The average Bonchev–Trinajstić information content (AvgIpc) is 3.11. The first kappa shape index (κ1) is 18.8. The van der Waals surface area contributed by atoms with Crippen LogP contribution in [0.2, 0.25) is 10.0 Å². The summed E-state index contributed by atoms with van der Waals surface area (Å²) in [7, 11) is 0. The highest BCUT2D eigenvalue weighted by Crippen LogP contribution is 2.25. The molecule has 0 unspecified atom stereocenters. The molecule has 3 aromatic carbocycles. The molecule has 1 aromatic heterocycles. The number of H-pyrrole nitrogens is 1. The summed E-state index contributed by atoms with van der Waals surface area (Å²) in [5.74, 6) is 1.67. The molecule has 0 saturated carbocycles. The van der Waals surface area contributed by atoms with Crippen molar-refractivity contribution in [3.8, 4) is 5.75 Å². The molecule has 0 aliphatic rings. The summed E-state index contributed by atoms with van der Waals surface area (Å²) >= 11 is 12.4. The van der Waals surface area contributed by atoms with Crippen molar-refractivity contribution in [3.05, 3.63) is 93.7 Å². The van der Waals surface area contributed by atoms with Crippen molar-refractivity contribution < 1.29 is 4.74 Å². The van der Waals surface area contributed by atoms with Crippen LogP contribution in [-0.4, -0.2) is 9.97 Å². The van der Waals surface area contributed by atoms with Gasteiger partial charge in [0.05, 0.1) is 17.6 Å². The first-order chi connectivity index (χ1) is 13.7. The quantitative estimate of drug-likeness (QED) is 0.407. The van der Waals surface area contributed by atoms with Crippen LogP contribution in [0.3, 0.4) is 0 Å². The molecule has 0 aliphatic heterocycles. The van der Waals surface area contributed by atoms with Gasteiger partial charge in [0.15, 0.2) is 0 Å². The normalized spacial score (nSPS) is 11.1. The van der Waals surface area contributed by atoms with E-state index in [1.807, 2.05) is 66.7 Å². The van der Waals surface area contributed by atoms with Crippen molar-refractivity contribution in [3.63, 3.8) is 0 Å². The summed E-state index contributed by atoms with van der Waals surface area (Å²) in [5, 5.41) is 4.76. The number of aromatic nitrogens is 2. The van der Waals surface area contributed by atoms with Crippen molar-refractivity contribution in [2.45, 2.75) is 19.7 Å².